The van der Waals surface area contributed by atoms with Crippen molar-refractivity contribution in [2.24, 2.45) is 10.7 Å². The van der Waals surface area contributed by atoms with Crippen molar-refractivity contribution >= 4 is 5.96 Å². The number of nitrogens with two attached hydrogens (primary N) is 1. The predicted octanol–water partition coefficient (Wildman–Crippen LogP) is 0.575. The van der Waals surface area contributed by atoms with Gasteiger partial charge < -0.3 is 15.2 Å². The molecule has 2 N–H and O–H groups in total. The number of hydrogen-bond acceptors (Lipinski definition) is 7. The largest absolute Gasteiger partial charge is 0.493 e. The number of nitrogens with zero attached hydrogens (tertiary/aromatic N) is 4. The van der Waals surface area contributed by atoms with Gasteiger partial charge in [-0.1, -0.05) is 6.07 Å². The van der Waals surface area contributed by atoms with E-state index >= 15 is 0 Å². The standard InChI is InChI=1S/C14H19N5O2/c1-20-12-4-3-11(7-13(12)21-2)5-6-18-9-17-14(16)19(8-15)10-18/h3-4,7H,5-6,9-10H2,1-2H3,(H2,16,17). The number of rotatable bonds is 5. The lowest BCUT2D eigenvalue weighted by molar-refractivity contribution is 0.208. The van der Waals surface area contributed by atoms with Crippen LogP contribution in [0.5, 0.6) is 11.5 Å². The summed E-state index contributed by atoms with van der Waals surface area (Å²) in [5.41, 5.74) is 6.76. The van der Waals surface area contributed by atoms with Gasteiger partial charge in [-0.05, 0) is 24.1 Å². The fourth-order valence-corrected chi connectivity index (χ4v) is 2.12. The molecule has 1 aliphatic rings. The van der Waals surface area contributed by atoms with Gasteiger partial charge in [0.25, 0.3) is 0 Å². The van der Waals surface area contributed by atoms with Gasteiger partial charge in [-0.3, -0.25) is 4.90 Å². The summed E-state index contributed by atoms with van der Waals surface area (Å²) in [6, 6.07) is 5.86. The van der Waals surface area contributed by atoms with E-state index < -0.39 is 0 Å². The van der Waals surface area contributed by atoms with E-state index in [0.29, 0.717) is 19.1 Å². The molecule has 0 radical (unpaired) electrons. The Labute approximate surface area is 124 Å². The van der Waals surface area contributed by atoms with Crippen LogP contribution < -0.4 is 15.2 Å². The van der Waals surface area contributed by atoms with Crippen molar-refractivity contribution in [3.05, 3.63) is 23.8 Å². The van der Waals surface area contributed by atoms with E-state index in [9.17, 15) is 0 Å². The number of methoxy groups -OCH3 is 2. The van der Waals surface area contributed by atoms with Crippen LogP contribution in [0.1, 0.15) is 5.56 Å². The molecule has 1 aromatic rings. The lowest BCUT2D eigenvalue weighted by Crippen LogP contribution is -2.47. The van der Waals surface area contributed by atoms with Crippen molar-refractivity contribution < 1.29 is 9.47 Å². The first kappa shape index (κ1) is 14.9. The van der Waals surface area contributed by atoms with Crippen LogP contribution in [0, 0.1) is 11.5 Å². The molecule has 0 atom stereocenters. The summed E-state index contributed by atoms with van der Waals surface area (Å²) in [5.74, 6) is 1.71. The van der Waals surface area contributed by atoms with Crippen molar-refractivity contribution in [2.45, 2.75) is 6.42 Å². The van der Waals surface area contributed by atoms with Gasteiger partial charge in [0.1, 0.15) is 0 Å². The Balaban J connectivity index is 1.96. The molecule has 0 fully saturated rings. The zero-order chi connectivity index (χ0) is 15.2. The van der Waals surface area contributed by atoms with Crippen LogP contribution in [0.4, 0.5) is 0 Å². The molecule has 21 heavy (non-hydrogen) atoms. The smallest absolute Gasteiger partial charge is 0.207 e. The SMILES string of the molecule is COc1ccc(CCN2CN=C(N)N(C#N)C2)cc1OC. The molecular formula is C14H19N5O2. The normalized spacial score (nSPS) is 15.3. The third-order valence-electron chi connectivity index (χ3n) is 3.34. The Kier molecular flexibility index (Phi) is 4.85. The number of aliphatic imine (C=N–C) groups is 1. The molecule has 0 aliphatic carbocycles. The average molecular weight is 289 g/mol. The second-order valence-electron chi connectivity index (χ2n) is 4.66. The zero-order valence-corrected chi connectivity index (χ0v) is 12.2. The van der Waals surface area contributed by atoms with Crippen LogP contribution in [-0.4, -0.2) is 49.9 Å². The first-order chi connectivity index (χ1) is 10.2. The van der Waals surface area contributed by atoms with E-state index in [4.69, 9.17) is 20.5 Å². The average Bonchev–Trinajstić information content (AvgIpc) is 2.53. The molecule has 7 nitrogen and oxygen atoms in total. The summed E-state index contributed by atoms with van der Waals surface area (Å²) in [7, 11) is 3.23. The molecule has 0 aromatic heterocycles. The van der Waals surface area contributed by atoms with Crippen LogP contribution in [0.2, 0.25) is 0 Å². The quantitative estimate of drug-likeness (QED) is 0.798. The summed E-state index contributed by atoms with van der Waals surface area (Å²) in [4.78, 5) is 7.54. The monoisotopic (exact) mass is 289 g/mol. The van der Waals surface area contributed by atoms with E-state index in [1.807, 2.05) is 24.4 Å². The van der Waals surface area contributed by atoms with Gasteiger partial charge in [-0.15, -0.1) is 0 Å². The molecule has 0 saturated carbocycles. The maximum absolute atomic E-state index is 8.95. The molecule has 0 saturated heterocycles. The lowest BCUT2D eigenvalue weighted by Gasteiger charge is -2.29. The number of nitriles is 1. The Morgan fingerprint density at radius 3 is 2.76 bits per heavy atom. The molecule has 2 rings (SSSR count). The second-order valence-corrected chi connectivity index (χ2v) is 4.66. The Morgan fingerprint density at radius 1 is 1.33 bits per heavy atom. The number of ether oxygens (including phenoxy) is 2. The summed E-state index contributed by atoms with van der Waals surface area (Å²) < 4.78 is 10.5. The van der Waals surface area contributed by atoms with Gasteiger partial charge in [0.05, 0.1) is 27.6 Å². The van der Waals surface area contributed by atoms with E-state index in [2.05, 4.69) is 9.89 Å². The van der Waals surface area contributed by atoms with Crippen molar-refractivity contribution in [3.8, 4) is 17.7 Å². The fraction of sp³-hybridized carbons (Fsp3) is 0.429. The van der Waals surface area contributed by atoms with Gasteiger partial charge in [-0.2, -0.15) is 5.26 Å². The van der Waals surface area contributed by atoms with Crippen molar-refractivity contribution in [1.29, 1.82) is 5.26 Å². The summed E-state index contributed by atoms with van der Waals surface area (Å²) >= 11 is 0. The minimum atomic E-state index is 0.278. The number of benzene rings is 1. The van der Waals surface area contributed by atoms with Gasteiger partial charge >= 0.3 is 0 Å². The second kappa shape index (κ2) is 6.81. The third-order valence-corrected chi connectivity index (χ3v) is 3.34. The minimum absolute atomic E-state index is 0.278. The highest BCUT2D eigenvalue weighted by Gasteiger charge is 2.18. The van der Waals surface area contributed by atoms with E-state index in [1.165, 1.54) is 4.90 Å². The first-order valence-corrected chi connectivity index (χ1v) is 6.58. The van der Waals surface area contributed by atoms with E-state index in [0.717, 1.165) is 24.3 Å². The summed E-state index contributed by atoms with van der Waals surface area (Å²) in [6.45, 7) is 1.76. The van der Waals surface area contributed by atoms with E-state index in [-0.39, 0.29) is 5.96 Å². The van der Waals surface area contributed by atoms with Crippen molar-refractivity contribution in [2.75, 3.05) is 34.1 Å². The Morgan fingerprint density at radius 2 is 2.10 bits per heavy atom. The van der Waals surface area contributed by atoms with Gasteiger partial charge in [0.2, 0.25) is 5.96 Å². The third kappa shape index (κ3) is 3.55. The molecule has 112 valence electrons. The molecule has 0 unspecified atom stereocenters. The first-order valence-electron chi connectivity index (χ1n) is 6.58. The van der Waals surface area contributed by atoms with E-state index in [1.54, 1.807) is 14.2 Å². The molecule has 1 aromatic carbocycles. The molecule has 7 heteroatoms. The summed E-state index contributed by atoms with van der Waals surface area (Å²) in [5, 5.41) is 8.95. The molecule has 0 spiro atoms. The molecule has 0 bridgehead atoms. The molecule has 1 aliphatic heterocycles. The Hall–Kier alpha value is -2.46. The van der Waals surface area contributed by atoms with Crippen molar-refractivity contribution in [3.63, 3.8) is 0 Å². The van der Waals surface area contributed by atoms with Crippen LogP contribution in [0.3, 0.4) is 0 Å². The molecule has 1 heterocycles. The zero-order valence-electron chi connectivity index (χ0n) is 12.2. The van der Waals surface area contributed by atoms with Crippen LogP contribution in [0.15, 0.2) is 23.2 Å². The van der Waals surface area contributed by atoms with Gasteiger partial charge in [-0.25, -0.2) is 9.89 Å². The molecular weight excluding hydrogens is 270 g/mol. The molecule has 0 amide bonds. The number of guanidine groups is 1. The highest BCUT2D eigenvalue weighted by atomic mass is 16.5. The number of hydrogen-bond donors (Lipinski definition) is 1. The highest BCUT2D eigenvalue weighted by Crippen LogP contribution is 2.27. The van der Waals surface area contributed by atoms with Crippen LogP contribution in [0.25, 0.3) is 0 Å². The predicted molar refractivity (Wildman–Crippen MR) is 78.8 cm³/mol. The summed E-state index contributed by atoms with van der Waals surface area (Å²) in [6.07, 6.45) is 2.84. The Bertz CT molecular complexity index is 567. The topological polar surface area (TPSA) is 87.1 Å². The highest BCUT2D eigenvalue weighted by molar-refractivity contribution is 5.79. The van der Waals surface area contributed by atoms with Gasteiger partial charge in [0, 0.05) is 6.54 Å². The maximum Gasteiger partial charge on any atom is 0.207 e. The van der Waals surface area contributed by atoms with Crippen molar-refractivity contribution in [1.82, 2.24) is 9.80 Å². The maximum atomic E-state index is 8.95. The fourth-order valence-electron chi connectivity index (χ4n) is 2.12. The minimum Gasteiger partial charge on any atom is -0.493 e. The van der Waals surface area contributed by atoms with Crippen LogP contribution >= 0.6 is 0 Å². The van der Waals surface area contributed by atoms with Crippen LogP contribution in [-0.2, 0) is 6.42 Å². The lowest BCUT2D eigenvalue weighted by atomic mass is 10.1. The van der Waals surface area contributed by atoms with Gasteiger partial charge in [0.15, 0.2) is 17.7 Å².